The standard InChI is InChI=1S/C10H12BrFO/c1-6-7(10(2,3)13)4-5-8(11)9(6)12/h4-5,13H,1-3H3. The Hall–Kier alpha value is -0.410. The largest absolute Gasteiger partial charge is 0.386 e. The third-order valence-electron chi connectivity index (χ3n) is 2.00. The second kappa shape index (κ2) is 3.39. The van der Waals surface area contributed by atoms with Crippen molar-refractivity contribution in [2.45, 2.75) is 26.4 Å². The van der Waals surface area contributed by atoms with Crippen molar-refractivity contribution in [1.29, 1.82) is 0 Å². The van der Waals surface area contributed by atoms with E-state index in [-0.39, 0.29) is 5.82 Å². The zero-order valence-corrected chi connectivity index (χ0v) is 9.44. The first-order valence-electron chi connectivity index (χ1n) is 4.01. The average Bonchev–Trinajstić information content (AvgIpc) is 1.98. The van der Waals surface area contributed by atoms with Crippen LogP contribution in [0.2, 0.25) is 0 Å². The number of rotatable bonds is 1. The molecule has 0 aliphatic carbocycles. The lowest BCUT2D eigenvalue weighted by Gasteiger charge is -2.20. The molecular weight excluding hydrogens is 235 g/mol. The Bertz CT molecular complexity index is 328. The van der Waals surface area contributed by atoms with Crippen LogP contribution < -0.4 is 0 Å². The lowest BCUT2D eigenvalue weighted by molar-refractivity contribution is 0.0775. The van der Waals surface area contributed by atoms with E-state index in [0.29, 0.717) is 15.6 Å². The van der Waals surface area contributed by atoms with Crippen LogP contribution in [0.15, 0.2) is 16.6 Å². The van der Waals surface area contributed by atoms with E-state index in [4.69, 9.17) is 0 Å². The highest BCUT2D eigenvalue weighted by Crippen LogP contribution is 2.28. The fourth-order valence-electron chi connectivity index (χ4n) is 1.31. The molecule has 0 aromatic heterocycles. The molecule has 0 aliphatic heterocycles. The molecule has 0 aliphatic rings. The second-order valence-corrected chi connectivity index (χ2v) is 4.45. The van der Waals surface area contributed by atoms with E-state index in [1.807, 2.05) is 0 Å². The summed E-state index contributed by atoms with van der Waals surface area (Å²) in [6.07, 6.45) is 0. The normalized spacial score (nSPS) is 11.8. The molecule has 0 saturated heterocycles. The van der Waals surface area contributed by atoms with Crippen LogP contribution in [0.1, 0.15) is 25.0 Å². The third-order valence-corrected chi connectivity index (χ3v) is 2.61. The molecule has 0 heterocycles. The van der Waals surface area contributed by atoms with Crippen LogP contribution in [0, 0.1) is 12.7 Å². The van der Waals surface area contributed by atoms with E-state index in [0.717, 1.165) is 0 Å². The maximum atomic E-state index is 13.4. The van der Waals surface area contributed by atoms with Gasteiger partial charge in [-0.1, -0.05) is 6.07 Å². The molecule has 0 spiro atoms. The van der Waals surface area contributed by atoms with Crippen LogP contribution in [0.25, 0.3) is 0 Å². The quantitative estimate of drug-likeness (QED) is 0.808. The highest BCUT2D eigenvalue weighted by Gasteiger charge is 2.20. The fraction of sp³-hybridized carbons (Fsp3) is 0.400. The predicted molar refractivity (Wildman–Crippen MR) is 54.1 cm³/mol. The molecule has 1 rings (SSSR count). The fourth-order valence-corrected chi connectivity index (χ4v) is 1.74. The first-order chi connectivity index (χ1) is 5.84. The molecule has 0 unspecified atom stereocenters. The van der Waals surface area contributed by atoms with Crippen molar-refractivity contribution in [3.8, 4) is 0 Å². The van der Waals surface area contributed by atoms with Crippen molar-refractivity contribution in [2.75, 3.05) is 0 Å². The Morgan fingerprint density at radius 3 is 2.38 bits per heavy atom. The summed E-state index contributed by atoms with van der Waals surface area (Å²) in [6.45, 7) is 4.94. The molecule has 0 fully saturated rings. The van der Waals surface area contributed by atoms with Crippen LogP contribution in [0.4, 0.5) is 4.39 Å². The number of aliphatic hydroxyl groups is 1. The van der Waals surface area contributed by atoms with Gasteiger partial charge in [-0.25, -0.2) is 4.39 Å². The number of hydrogen-bond donors (Lipinski definition) is 1. The summed E-state index contributed by atoms with van der Waals surface area (Å²) in [5, 5.41) is 9.70. The molecule has 0 atom stereocenters. The van der Waals surface area contributed by atoms with Crippen molar-refractivity contribution >= 4 is 15.9 Å². The zero-order chi connectivity index (χ0) is 10.2. The van der Waals surface area contributed by atoms with Gasteiger partial charge >= 0.3 is 0 Å². The minimum Gasteiger partial charge on any atom is -0.386 e. The van der Waals surface area contributed by atoms with Gasteiger partial charge in [-0.3, -0.25) is 0 Å². The van der Waals surface area contributed by atoms with Crippen molar-refractivity contribution in [2.24, 2.45) is 0 Å². The first-order valence-corrected chi connectivity index (χ1v) is 4.81. The van der Waals surface area contributed by atoms with Crippen LogP contribution >= 0.6 is 15.9 Å². The maximum Gasteiger partial charge on any atom is 0.140 e. The SMILES string of the molecule is Cc1c(C(C)(C)O)ccc(Br)c1F. The van der Waals surface area contributed by atoms with Crippen molar-refractivity contribution in [3.05, 3.63) is 33.5 Å². The van der Waals surface area contributed by atoms with Gasteiger partial charge in [0.1, 0.15) is 5.82 Å². The summed E-state index contributed by atoms with van der Waals surface area (Å²) < 4.78 is 13.8. The molecule has 0 radical (unpaired) electrons. The summed E-state index contributed by atoms with van der Waals surface area (Å²) in [6, 6.07) is 3.33. The minimum atomic E-state index is -0.994. The van der Waals surface area contributed by atoms with Gasteiger partial charge in [0.05, 0.1) is 10.1 Å². The van der Waals surface area contributed by atoms with E-state index in [9.17, 15) is 9.50 Å². The molecule has 3 heteroatoms. The molecule has 72 valence electrons. The predicted octanol–water partition coefficient (Wildman–Crippen LogP) is 3.12. The van der Waals surface area contributed by atoms with Gasteiger partial charge in [-0.05, 0) is 53.9 Å². The molecule has 13 heavy (non-hydrogen) atoms. The van der Waals surface area contributed by atoms with Gasteiger partial charge in [-0.2, -0.15) is 0 Å². The summed E-state index contributed by atoms with van der Waals surface area (Å²) in [4.78, 5) is 0. The molecule has 0 saturated carbocycles. The van der Waals surface area contributed by atoms with E-state index in [1.54, 1.807) is 32.9 Å². The van der Waals surface area contributed by atoms with Crippen molar-refractivity contribution in [3.63, 3.8) is 0 Å². The molecule has 1 nitrogen and oxygen atoms in total. The molecule has 1 aromatic carbocycles. The van der Waals surface area contributed by atoms with Crippen LogP contribution in [-0.4, -0.2) is 5.11 Å². The Kier molecular flexibility index (Phi) is 2.78. The molecule has 1 N–H and O–H groups in total. The van der Waals surface area contributed by atoms with E-state index < -0.39 is 5.60 Å². The van der Waals surface area contributed by atoms with E-state index >= 15 is 0 Å². The number of hydrogen-bond acceptors (Lipinski definition) is 1. The Morgan fingerprint density at radius 2 is 1.92 bits per heavy atom. The topological polar surface area (TPSA) is 20.2 Å². The lowest BCUT2D eigenvalue weighted by atomic mass is 9.94. The molecule has 0 bridgehead atoms. The Labute approximate surface area is 85.7 Å². The highest BCUT2D eigenvalue weighted by atomic mass is 79.9. The maximum absolute atomic E-state index is 13.4. The Morgan fingerprint density at radius 1 is 1.38 bits per heavy atom. The van der Waals surface area contributed by atoms with Crippen LogP contribution in [0.5, 0.6) is 0 Å². The lowest BCUT2D eigenvalue weighted by Crippen LogP contribution is -2.17. The summed E-state index contributed by atoms with van der Waals surface area (Å²) >= 11 is 3.09. The number of halogens is 2. The molecular formula is C10H12BrFO. The van der Waals surface area contributed by atoms with E-state index in [2.05, 4.69) is 15.9 Å². The van der Waals surface area contributed by atoms with Gasteiger partial charge < -0.3 is 5.11 Å². The van der Waals surface area contributed by atoms with Gasteiger partial charge in [0.25, 0.3) is 0 Å². The van der Waals surface area contributed by atoms with E-state index in [1.165, 1.54) is 0 Å². The number of benzene rings is 1. The van der Waals surface area contributed by atoms with Crippen LogP contribution in [-0.2, 0) is 5.60 Å². The summed E-state index contributed by atoms with van der Waals surface area (Å²) in [5.74, 6) is -0.306. The Balaban J connectivity index is 3.35. The molecule has 1 aromatic rings. The van der Waals surface area contributed by atoms with Crippen molar-refractivity contribution < 1.29 is 9.50 Å². The minimum absolute atomic E-state index is 0.306. The van der Waals surface area contributed by atoms with Gasteiger partial charge in [0.2, 0.25) is 0 Å². The smallest absolute Gasteiger partial charge is 0.140 e. The van der Waals surface area contributed by atoms with Crippen LogP contribution in [0.3, 0.4) is 0 Å². The van der Waals surface area contributed by atoms with Gasteiger partial charge in [0.15, 0.2) is 0 Å². The van der Waals surface area contributed by atoms with Gasteiger partial charge in [-0.15, -0.1) is 0 Å². The summed E-state index contributed by atoms with van der Waals surface area (Å²) in [7, 11) is 0. The molecule has 0 amide bonds. The van der Waals surface area contributed by atoms with Crippen molar-refractivity contribution in [1.82, 2.24) is 0 Å². The monoisotopic (exact) mass is 246 g/mol. The first kappa shape index (κ1) is 10.7. The summed E-state index contributed by atoms with van der Waals surface area (Å²) in [5.41, 5.74) is 0.112. The van der Waals surface area contributed by atoms with Gasteiger partial charge in [0, 0.05) is 0 Å². The second-order valence-electron chi connectivity index (χ2n) is 3.59. The average molecular weight is 247 g/mol. The zero-order valence-electron chi connectivity index (χ0n) is 7.86. The third kappa shape index (κ3) is 2.09. The highest BCUT2D eigenvalue weighted by molar-refractivity contribution is 9.10.